The van der Waals surface area contributed by atoms with Crippen molar-refractivity contribution in [2.45, 2.75) is 0 Å². The maximum Gasteiger partial charge on any atom is 0.259 e. The van der Waals surface area contributed by atoms with Crippen LogP contribution in [0.4, 0.5) is 19.0 Å². The number of halogens is 3. The van der Waals surface area contributed by atoms with Crippen LogP contribution in [0.1, 0.15) is 15.9 Å². The van der Waals surface area contributed by atoms with Gasteiger partial charge in [0, 0.05) is 6.20 Å². The van der Waals surface area contributed by atoms with Crippen LogP contribution in [0.25, 0.3) is 5.82 Å². The molecule has 0 fully saturated rings. The molecule has 6 nitrogen and oxygen atoms in total. The van der Waals surface area contributed by atoms with Crippen molar-refractivity contribution in [2.24, 2.45) is 0 Å². The van der Waals surface area contributed by atoms with Gasteiger partial charge in [-0.1, -0.05) is 6.07 Å². The Labute approximate surface area is 139 Å². The molecule has 0 radical (unpaired) electrons. The molecule has 0 saturated carbocycles. The molecule has 9 heteroatoms. The number of carbonyl (C=O) groups is 1. The zero-order chi connectivity index (χ0) is 18.0. The average molecular weight is 343 g/mol. The highest BCUT2D eigenvalue weighted by Gasteiger charge is 2.22. The van der Waals surface area contributed by atoms with E-state index in [0.29, 0.717) is 11.9 Å². The van der Waals surface area contributed by atoms with Crippen LogP contribution in [0.3, 0.4) is 0 Å². The van der Waals surface area contributed by atoms with Gasteiger partial charge < -0.3 is 5.32 Å². The Bertz CT molecular complexity index is 995. The van der Waals surface area contributed by atoms with Crippen LogP contribution < -0.4 is 5.32 Å². The number of nitrogens with zero attached hydrogens (tertiary/aromatic N) is 4. The molecule has 0 spiro atoms. The molecule has 1 N–H and O–H groups in total. The number of anilines is 1. The first-order valence-electron chi connectivity index (χ1n) is 6.87. The molecule has 1 amide bonds. The van der Waals surface area contributed by atoms with Gasteiger partial charge in [-0.15, -0.1) is 0 Å². The van der Waals surface area contributed by atoms with Gasteiger partial charge in [0.05, 0.1) is 11.8 Å². The van der Waals surface area contributed by atoms with Crippen LogP contribution in [0, 0.1) is 28.8 Å². The van der Waals surface area contributed by atoms with Crippen molar-refractivity contribution in [1.82, 2.24) is 14.8 Å². The van der Waals surface area contributed by atoms with E-state index in [0.717, 1.165) is 10.7 Å². The first kappa shape index (κ1) is 16.2. The Morgan fingerprint density at radius 1 is 1.16 bits per heavy atom. The van der Waals surface area contributed by atoms with E-state index in [1.165, 1.54) is 12.4 Å². The van der Waals surface area contributed by atoms with Crippen molar-refractivity contribution in [3.05, 3.63) is 71.3 Å². The molecule has 3 aromatic rings. The van der Waals surface area contributed by atoms with Gasteiger partial charge in [-0.05, 0) is 24.3 Å². The van der Waals surface area contributed by atoms with Gasteiger partial charge >= 0.3 is 0 Å². The van der Waals surface area contributed by atoms with Crippen molar-refractivity contribution in [3.63, 3.8) is 0 Å². The molecule has 25 heavy (non-hydrogen) atoms. The molecule has 124 valence electrons. The topological polar surface area (TPSA) is 83.6 Å². The number of benzene rings is 1. The lowest BCUT2D eigenvalue weighted by Gasteiger charge is -2.09. The number of nitriles is 1. The van der Waals surface area contributed by atoms with Gasteiger partial charge in [0.1, 0.15) is 11.6 Å². The molecule has 0 bridgehead atoms. The summed E-state index contributed by atoms with van der Waals surface area (Å²) in [7, 11) is 0. The van der Waals surface area contributed by atoms with E-state index in [1.807, 2.05) is 6.07 Å². The minimum atomic E-state index is -1.76. The van der Waals surface area contributed by atoms with Gasteiger partial charge in [0.2, 0.25) is 0 Å². The van der Waals surface area contributed by atoms with Crippen molar-refractivity contribution in [1.29, 1.82) is 5.26 Å². The van der Waals surface area contributed by atoms with E-state index >= 15 is 0 Å². The molecular weight excluding hydrogens is 335 g/mol. The lowest BCUT2D eigenvalue weighted by atomic mass is 10.2. The molecule has 2 heterocycles. The highest BCUT2D eigenvalue weighted by Crippen LogP contribution is 2.21. The maximum absolute atomic E-state index is 13.8. The summed E-state index contributed by atoms with van der Waals surface area (Å²) in [5.74, 6) is -5.64. The van der Waals surface area contributed by atoms with Gasteiger partial charge in [-0.25, -0.2) is 18.2 Å². The van der Waals surface area contributed by atoms with Crippen molar-refractivity contribution in [3.8, 4) is 11.9 Å². The van der Waals surface area contributed by atoms with Crippen LogP contribution in [-0.4, -0.2) is 20.7 Å². The summed E-state index contributed by atoms with van der Waals surface area (Å²) in [6, 6.07) is 8.15. The second kappa shape index (κ2) is 6.45. The Morgan fingerprint density at radius 2 is 1.96 bits per heavy atom. The Hall–Kier alpha value is -3.67. The fourth-order valence-corrected chi connectivity index (χ4v) is 2.08. The Morgan fingerprint density at radius 3 is 2.64 bits per heavy atom. The van der Waals surface area contributed by atoms with Crippen molar-refractivity contribution >= 4 is 11.7 Å². The predicted molar refractivity (Wildman–Crippen MR) is 80.3 cm³/mol. The lowest BCUT2D eigenvalue weighted by Crippen LogP contribution is -2.18. The number of pyridine rings is 1. The first-order valence-corrected chi connectivity index (χ1v) is 6.87. The molecule has 0 atom stereocenters. The number of aromatic nitrogens is 3. The third kappa shape index (κ3) is 2.92. The zero-order valence-corrected chi connectivity index (χ0v) is 12.4. The van der Waals surface area contributed by atoms with Crippen LogP contribution in [-0.2, 0) is 0 Å². The van der Waals surface area contributed by atoms with Crippen LogP contribution in [0.15, 0.2) is 42.7 Å². The number of amides is 1. The highest BCUT2D eigenvalue weighted by atomic mass is 19.2. The summed E-state index contributed by atoms with van der Waals surface area (Å²) in [5.41, 5.74) is -0.724. The summed E-state index contributed by atoms with van der Waals surface area (Å²) in [6.07, 6.45) is 2.66. The normalized spacial score (nSPS) is 10.3. The molecular formula is C16H8F3N5O. The molecule has 0 aliphatic heterocycles. The van der Waals surface area contributed by atoms with E-state index in [4.69, 9.17) is 5.26 Å². The molecule has 0 aliphatic carbocycles. The third-order valence-corrected chi connectivity index (χ3v) is 3.27. The minimum Gasteiger partial charge on any atom is -0.305 e. The number of carbonyl (C=O) groups excluding carboxylic acids is 1. The standard InChI is InChI=1S/C16H8F3N5O/c17-11-5-4-10(13(18)14(11)19)16(25)23-15-9(7-20)8-22-24(15)12-3-1-2-6-21-12/h1-6,8H,(H,23,25). The lowest BCUT2D eigenvalue weighted by molar-refractivity contribution is 0.102. The summed E-state index contributed by atoms with van der Waals surface area (Å²) >= 11 is 0. The Balaban J connectivity index is 2.01. The number of hydrogen-bond acceptors (Lipinski definition) is 4. The van der Waals surface area contributed by atoms with E-state index in [9.17, 15) is 18.0 Å². The molecule has 2 aromatic heterocycles. The molecule has 0 unspecified atom stereocenters. The highest BCUT2D eigenvalue weighted by molar-refractivity contribution is 6.04. The van der Waals surface area contributed by atoms with E-state index in [2.05, 4.69) is 15.4 Å². The predicted octanol–water partition coefficient (Wildman–Crippen LogP) is 2.81. The van der Waals surface area contributed by atoms with E-state index < -0.39 is 28.9 Å². The number of rotatable bonds is 3. The van der Waals surface area contributed by atoms with Gasteiger partial charge in [0.25, 0.3) is 5.91 Å². The quantitative estimate of drug-likeness (QED) is 0.741. The molecule has 3 rings (SSSR count). The summed E-state index contributed by atoms with van der Waals surface area (Å²) < 4.78 is 41.2. The largest absolute Gasteiger partial charge is 0.305 e. The fraction of sp³-hybridized carbons (Fsp3) is 0. The molecule has 0 saturated heterocycles. The van der Waals surface area contributed by atoms with Crippen LogP contribution in [0.5, 0.6) is 0 Å². The van der Waals surface area contributed by atoms with Crippen LogP contribution >= 0.6 is 0 Å². The fourth-order valence-electron chi connectivity index (χ4n) is 2.08. The second-order valence-electron chi connectivity index (χ2n) is 4.80. The third-order valence-electron chi connectivity index (χ3n) is 3.27. The van der Waals surface area contributed by atoms with Gasteiger partial charge in [-0.3, -0.25) is 4.79 Å². The zero-order valence-electron chi connectivity index (χ0n) is 12.4. The van der Waals surface area contributed by atoms with Crippen molar-refractivity contribution < 1.29 is 18.0 Å². The summed E-state index contributed by atoms with van der Waals surface area (Å²) in [6.45, 7) is 0. The Kier molecular flexibility index (Phi) is 4.18. The SMILES string of the molecule is N#Cc1cnn(-c2ccccn2)c1NC(=O)c1ccc(F)c(F)c1F. The first-order chi connectivity index (χ1) is 12.0. The molecule has 1 aromatic carbocycles. The van der Waals surface area contributed by atoms with Gasteiger partial charge in [0.15, 0.2) is 29.1 Å². The van der Waals surface area contributed by atoms with Gasteiger partial charge in [-0.2, -0.15) is 15.0 Å². The second-order valence-corrected chi connectivity index (χ2v) is 4.80. The smallest absolute Gasteiger partial charge is 0.259 e. The molecule has 0 aliphatic rings. The summed E-state index contributed by atoms with van der Waals surface area (Å²) in [4.78, 5) is 16.3. The van der Waals surface area contributed by atoms with Crippen LogP contribution in [0.2, 0.25) is 0 Å². The summed E-state index contributed by atoms with van der Waals surface area (Å²) in [5, 5.41) is 15.4. The number of nitrogens with one attached hydrogen (secondary N) is 1. The van der Waals surface area contributed by atoms with E-state index in [1.54, 1.807) is 18.2 Å². The van der Waals surface area contributed by atoms with E-state index in [-0.39, 0.29) is 11.4 Å². The van der Waals surface area contributed by atoms with Crippen molar-refractivity contribution in [2.75, 3.05) is 5.32 Å². The minimum absolute atomic E-state index is 0.0120. The monoisotopic (exact) mass is 343 g/mol. The number of hydrogen-bond donors (Lipinski definition) is 1. The average Bonchev–Trinajstić information content (AvgIpc) is 3.03. The maximum atomic E-state index is 13.8.